The number of aromatic nitrogens is 4. The summed E-state index contributed by atoms with van der Waals surface area (Å²) in [5.74, 6) is 0.980. The molecule has 1 aromatic carbocycles. The number of carbonyl (C=O) groups excluding carboxylic acids is 1. The lowest BCUT2D eigenvalue weighted by atomic mass is 9.95. The van der Waals surface area contributed by atoms with E-state index in [4.69, 9.17) is 0 Å². The van der Waals surface area contributed by atoms with Crippen LogP contribution in [-0.4, -0.2) is 43.6 Å². The van der Waals surface area contributed by atoms with Gasteiger partial charge in [-0.1, -0.05) is 30.3 Å². The van der Waals surface area contributed by atoms with Crippen LogP contribution >= 0.6 is 0 Å². The van der Waals surface area contributed by atoms with E-state index in [2.05, 4.69) is 15.2 Å². The maximum Gasteiger partial charge on any atom is 0.343 e. The molecule has 7 heteroatoms. The van der Waals surface area contributed by atoms with E-state index in [1.807, 2.05) is 41.3 Å². The molecule has 1 fully saturated rings. The first kappa shape index (κ1) is 16.4. The minimum atomic E-state index is -0.186. The number of piperidine rings is 1. The van der Waals surface area contributed by atoms with Gasteiger partial charge in [0.2, 0.25) is 0 Å². The maximum atomic E-state index is 12.4. The van der Waals surface area contributed by atoms with Crippen LogP contribution < -0.4 is 5.69 Å². The molecule has 0 atom stereocenters. The van der Waals surface area contributed by atoms with Gasteiger partial charge < -0.3 is 9.88 Å². The van der Waals surface area contributed by atoms with E-state index < -0.39 is 0 Å². The predicted octanol–water partition coefficient (Wildman–Crippen LogP) is 1.97. The van der Waals surface area contributed by atoms with Crippen LogP contribution in [0.5, 0.6) is 0 Å². The molecular formula is C19H21N5O2. The highest BCUT2D eigenvalue weighted by molar-refractivity contribution is 5.92. The smallest absolute Gasteiger partial charge is 0.343 e. The third kappa shape index (κ3) is 3.20. The van der Waals surface area contributed by atoms with Crippen molar-refractivity contribution in [2.24, 2.45) is 0 Å². The molecule has 2 aromatic heterocycles. The molecule has 0 bridgehead atoms. The average molecular weight is 351 g/mol. The third-order valence-electron chi connectivity index (χ3n) is 4.95. The van der Waals surface area contributed by atoms with E-state index in [0.717, 1.165) is 24.2 Å². The number of amides is 1. The highest BCUT2D eigenvalue weighted by atomic mass is 16.2. The molecule has 26 heavy (non-hydrogen) atoms. The number of aromatic amines is 2. The van der Waals surface area contributed by atoms with Gasteiger partial charge >= 0.3 is 5.69 Å². The SMILES string of the molecule is O=C(c1ccc[nH]1)N1CCC(c2n[nH]c(=O)n2Cc2ccccc2)CC1. The molecule has 3 heterocycles. The molecule has 0 saturated carbocycles. The summed E-state index contributed by atoms with van der Waals surface area (Å²) in [4.78, 5) is 29.4. The van der Waals surface area contributed by atoms with Crippen molar-refractivity contribution in [3.8, 4) is 0 Å². The van der Waals surface area contributed by atoms with Gasteiger partial charge in [0.1, 0.15) is 11.5 Å². The average Bonchev–Trinajstić information content (AvgIpc) is 3.33. The zero-order chi connectivity index (χ0) is 17.9. The Labute approximate surface area is 150 Å². The fourth-order valence-corrected chi connectivity index (χ4v) is 3.53. The molecule has 1 aliphatic rings. The Kier molecular flexibility index (Phi) is 4.43. The highest BCUT2D eigenvalue weighted by Crippen LogP contribution is 2.27. The van der Waals surface area contributed by atoms with Crippen molar-refractivity contribution >= 4 is 5.91 Å². The van der Waals surface area contributed by atoms with Gasteiger partial charge in [-0.25, -0.2) is 9.89 Å². The number of likely N-dealkylation sites (tertiary alicyclic amines) is 1. The van der Waals surface area contributed by atoms with Crippen LogP contribution in [0.1, 0.15) is 40.6 Å². The number of carbonyl (C=O) groups is 1. The summed E-state index contributed by atoms with van der Waals surface area (Å²) in [7, 11) is 0. The van der Waals surface area contributed by atoms with Gasteiger partial charge in [-0.2, -0.15) is 5.10 Å². The Morgan fingerprint density at radius 2 is 1.88 bits per heavy atom. The summed E-state index contributed by atoms with van der Waals surface area (Å²) in [6.45, 7) is 1.83. The first-order chi connectivity index (χ1) is 12.7. The van der Waals surface area contributed by atoms with Gasteiger partial charge in [-0.05, 0) is 30.5 Å². The van der Waals surface area contributed by atoms with Crippen LogP contribution in [0.2, 0.25) is 0 Å². The van der Waals surface area contributed by atoms with Crippen molar-refractivity contribution in [3.05, 3.63) is 76.2 Å². The number of hydrogen-bond donors (Lipinski definition) is 2. The minimum Gasteiger partial charge on any atom is -0.357 e. The Morgan fingerprint density at radius 1 is 1.12 bits per heavy atom. The van der Waals surface area contributed by atoms with E-state index in [1.54, 1.807) is 16.8 Å². The number of H-pyrrole nitrogens is 2. The van der Waals surface area contributed by atoms with Crippen LogP contribution in [-0.2, 0) is 6.54 Å². The monoisotopic (exact) mass is 351 g/mol. The lowest BCUT2D eigenvalue weighted by molar-refractivity contribution is 0.0705. The lowest BCUT2D eigenvalue weighted by Gasteiger charge is -2.31. The molecule has 0 radical (unpaired) electrons. The summed E-state index contributed by atoms with van der Waals surface area (Å²) >= 11 is 0. The minimum absolute atomic E-state index is 0.0251. The Bertz CT molecular complexity index is 919. The molecule has 0 unspecified atom stereocenters. The maximum absolute atomic E-state index is 12.4. The zero-order valence-corrected chi connectivity index (χ0v) is 14.4. The molecule has 1 aliphatic heterocycles. The highest BCUT2D eigenvalue weighted by Gasteiger charge is 2.28. The standard InChI is InChI=1S/C19H21N5O2/c25-18(16-7-4-10-20-16)23-11-8-15(9-12-23)17-21-22-19(26)24(17)13-14-5-2-1-3-6-14/h1-7,10,15,20H,8-9,11-13H2,(H,22,26). The second-order valence-electron chi connectivity index (χ2n) is 6.61. The molecular weight excluding hydrogens is 330 g/mol. The van der Waals surface area contributed by atoms with Crippen molar-refractivity contribution in [3.63, 3.8) is 0 Å². The molecule has 3 aromatic rings. The van der Waals surface area contributed by atoms with Crippen LogP contribution in [0, 0.1) is 0 Å². The fraction of sp³-hybridized carbons (Fsp3) is 0.316. The van der Waals surface area contributed by atoms with Gasteiger partial charge in [0.15, 0.2) is 0 Å². The van der Waals surface area contributed by atoms with Gasteiger partial charge in [0.25, 0.3) is 5.91 Å². The lowest BCUT2D eigenvalue weighted by Crippen LogP contribution is -2.38. The van der Waals surface area contributed by atoms with Crippen LogP contribution in [0.4, 0.5) is 0 Å². The normalized spacial score (nSPS) is 15.3. The molecule has 7 nitrogen and oxygen atoms in total. The molecule has 1 saturated heterocycles. The summed E-state index contributed by atoms with van der Waals surface area (Å²) in [5.41, 5.74) is 1.49. The van der Waals surface area contributed by atoms with E-state index in [-0.39, 0.29) is 17.5 Å². The first-order valence-corrected chi connectivity index (χ1v) is 8.84. The quantitative estimate of drug-likeness (QED) is 0.753. The third-order valence-corrected chi connectivity index (χ3v) is 4.95. The first-order valence-electron chi connectivity index (χ1n) is 8.84. The summed E-state index contributed by atoms with van der Waals surface area (Å²) < 4.78 is 1.71. The van der Waals surface area contributed by atoms with Gasteiger partial charge in [0.05, 0.1) is 6.54 Å². The molecule has 0 spiro atoms. The van der Waals surface area contributed by atoms with Crippen LogP contribution in [0.3, 0.4) is 0 Å². The van der Waals surface area contributed by atoms with E-state index in [1.165, 1.54) is 0 Å². The number of benzene rings is 1. The van der Waals surface area contributed by atoms with Gasteiger partial charge in [-0.15, -0.1) is 0 Å². The van der Waals surface area contributed by atoms with Crippen molar-refractivity contribution in [1.82, 2.24) is 24.6 Å². The number of hydrogen-bond acceptors (Lipinski definition) is 3. The molecule has 134 valence electrons. The van der Waals surface area contributed by atoms with E-state index >= 15 is 0 Å². The fourth-order valence-electron chi connectivity index (χ4n) is 3.53. The van der Waals surface area contributed by atoms with E-state index in [0.29, 0.717) is 25.3 Å². The van der Waals surface area contributed by atoms with Crippen molar-refractivity contribution in [2.75, 3.05) is 13.1 Å². The van der Waals surface area contributed by atoms with Crippen molar-refractivity contribution in [1.29, 1.82) is 0 Å². The molecule has 0 aliphatic carbocycles. The number of rotatable bonds is 4. The van der Waals surface area contributed by atoms with Crippen molar-refractivity contribution in [2.45, 2.75) is 25.3 Å². The molecule has 4 rings (SSSR count). The molecule has 2 N–H and O–H groups in total. The second-order valence-corrected chi connectivity index (χ2v) is 6.61. The summed E-state index contributed by atoms with van der Waals surface area (Å²) in [6.07, 6.45) is 3.35. The number of nitrogens with one attached hydrogen (secondary N) is 2. The van der Waals surface area contributed by atoms with Crippen LogP contribution in [0.25, 0.3) is 0 Å². The Balaban J connectivity index is 1.47. The largest absolute Gasteiger partial charge is 0.357 e. The predicted molar refractivity (Wildman–Crippen MR) is 97.1 cm³/mol. The van der Waals surface area contributed by atoms with Gasteiger partial charge in [-0.3, -0.25) is 9.36 Å². The topological polar surface area (TPSA) is 86.8 Å². The summed E-state index contributed by atoms with van der Waals surface area (Å²) in [5, 5.41) is 6.85. The Hall–Kier alpha value is -3.09. The molecule has 1 amide bonds. The summed E-state index contributed by atoms with van der Waals surface area (Å²) in [6, 6.07) is 13.5. The van der Waals surface area contributed by atoms with Crippen LogP contribution in [0.15, 0.2) is 53.5 Å². The second kappa shape index (κ2) is 7.03. The van der Waals surface area contributed by atoms with Gasteiger partial charge in [0, 0.05) is 25.2 Å². The Morgan fingerprint density at radius 3 is 2.58 bits per heavy atom. The zero-order valence-electron chi connectivity index (χ0n) is 14.4. The number of nitrogens with zero attached hydrogens (tertiary/aromatic N) is 3. The van der Waals surface area contributed by atoms with Crippen molar-refractivity contribution < 1.29 is 4.79 Å². The van der Waals surface area contributed by atoms with E-state index in [9.17, 15) is 9.59 Å².